The summed E-state index contributed by atoms with van der Waals surface area (Å²) in [6.45, 7) is 6.24. The molecule has 0 aliphatic heterocycles. The smallest absolute Gasteiger partial charge is 0.145 e. The Kier molecular flexibility index (Phi) is 4.12. The molecule has 0 bridgehead atoms. The van der Waals surface area contributed by atoms with Gasteiger partial charge in [-0.25, -0.2) is 0 Å². The van der Waals surface area contributed by atoms with Gasteiger partial charge in [-0.15, -0.1) is 0 Å². The second-order valence-corrected chi connectivity index (χ2v) is 9.81. The number of fused-ring (bicyclic) bond motifs is 5. The highest BCUT2D eigenvalue weighted by Gasteiger charge is 2.57. The summed E-state index contributed by atoms with van der Waals surface area (Å²) in [4.78, 5) is 0. The fourth-order valence-corrected chi connectivity index (χ4v) is 7.38. The van der Waals surface area contributed by atoms with Crippen LogP contribution >= 0.6 is 0 Å². The summed E-state index contributed by atoms with van der Waals surface area (Å²) in [6.07, 6.45) is 18.7. The molecule has 0 aromatic carbocycles. The minimum Gasteiger partial charge on any atom is -0.428 e. The maximum atomic E-state index is 5.54. The molecular formula is C21H34OSi. The van der Waals surface area contributed by atoms with Crippen LogP contribution in [0.1, 0.15) is 65.2 Å². The molecule has 2 fully saturated rings. The zero-order chi connectivity index (χ0) is 16.1. The second kappa shape index (κ2) is 5.88. The van der Waals surface area contributed by atoms with Gasteiger partial charge in [0.1, 0.15) is 10.5 Å². The van der Waals surface area contributed by atoms with Crippen molar-refractivity contribution in [1.82, 2.24) is 0 Å². The third kappa shape index (κ3) is 2.35. The summed E-state index contributed by atoms with van der Waals surface area (Å²) in [5.74, 6) is 3.79. The highest BCUT2D eigenvalue weighted by Crippen LogP contribution is 2.66. The van der Waals surface area contributed by atoms with E-state index in [9.17, 15) is 0 Å². The van der Waals surface area contributed by atoms with E-state index in [1.807, 2.05) is 0 Å². The standard InChI is InChI=1S/C21H34OSi/c1-20-12-4-3-5-15(20)6-8-17-18-9-7-16(11-14-22-23)21(18,2)13-10-19(17)20/h3,5-6,16-19H,4,7-14H2,1-2,23H3/t16-,17+,18+,19+,20+,21-/m1/s1. The molecule has 2 heteroatoms. The number of hydrogen-bond donors (Lipinski definition) is 0. The van der Waals surface area contributed by atoms with Crippen LogP contribution in [0.5, 0.6) is 0 Å². The normalized spacial score (nSPS) is 48.5. The molecule has 0 radical (unpaired) electrons. The maximum absolute atomic E-state index is 5.54. The Balaban J connectivity index is 1.60. The van der Waals surface area contributed by atoms with Crippen LogP contribution in [0.4, 0.5) is 0 Å². The Hall–Kier alpha value is -0.343. The molecule has 4 aliphatic rings. The molecule has 2 saturated carbocycles. The van der Waals surface area contributed by atoms with Gasteiger partial charge >= 0.3 is 0 Å². The second-order valence-electron chi connectivity index (χ2n) is 9.23. The van der Waals surface area contributed by atoms with Gasteiger partial charge in [0.25, 0.3) is 0 Å². The molecule has 6 atom stereocenters. The number of rotatable bonds is 3. The van der Waals surface area contributed by atoms with E-state index >= 15 is 0 Å². The molecule has 4 rings (SSSR count). The van der Waals surface area contributed by atoms with Crippen molar-refractivity contribution in [2.75, 3.05) is 6.61 Å². The van der Waals surface area contributed by atoms with Crippen LogP contribution in [0.25, 0.3) is 0 Å². The van der Waals surface area contributed by atoms with E-state index in [2.05, 4.69) is 32.1 Å². The first kappa shape index (κ1) is 16.1. The molecule has 0 spiro atoms. The third-order valence-electron chi connectivity index (χ3n) is 8.52. The van der Waals surface area contributed by atoms with E-state index in [0.29, 0.717) is 10.8 Å². The van der Waals surface area contributed by atoms with Crippen molar-refractivity contribution in [1.29, 1.82) is 0 Å². The van der Waals surface area contributed by atoms with E-state index in [-0.39, 0.29) is 0 Å². The molecule has 128 valence electrons. The first-order valence-corrected chi connectivity index (χ1v) is 10.8. The molecule has 23 heavy (non-hydrogen) atoms. The molecule has 0 heterocycles. The van der Waals surface area contributed by atoms with Crippen molar-refractivity contribution in [3.8, 4) is 0 Å². The largest absolute Gasteiger partial charge is 0.428 e. The van der Waals surface area contributed by atoms with Gasteiger partial charge in [0.2, 0.25) is 0 Å². The lowest BCUT2D eigenvalue weighted by Crippen LogP contribution is -2.49. The summed E-state index contributed by atoms with van der Waals surface area (Å²) in [7, 11) is 0.901. The molecule has 4 aliphatic carbocycles. The van der Waals surface area contributed by atoms with Gasteiger partial charge in [0.05, 0.1) is 0 Å². The molecular weight excluding hydrogens is 296 g/mol. The molecule has 1 nitrogen and oxygen atoms in total. The zero-order valence-corrected chi connectivity index (χ0v) is 17.3. The molecule has 0 aromatic rings. The van der Waals surface area contributed by atoms with Crippen molar-refractivity contribution in [2.45, 2.75) is 65.2 Å². The summed E-state index contributed by atoms with van der Waals surface area (Å²) in [6, 6.07) is 0. The Morgan fingerprint density at radius 2 is 2.04 bits per heavy atom. The van der Waals surface area contributed by atoms with E-state index in [1.165, 1.54) is 51.4 Å². The molecule has 0 N–H and O–H groups in total. The predicted octanol–water partition coefficient (Wildman–Crippen LogP) is 4.42. The minimum absolute atomic E-state index is 0.481. The molecule has 0 saturated heterocycles. The van der Waals surface area contributed by atoms with Crippen LogP contribution in [0.2, 0.25) is 0 Å². The summed E-state index contributed by atoms with van der Waals surface area (Å²) >= 11 is 0. The Bertz CT molecular complexity index is 524. The zero-order valence-electron chi connectivity index (χ0n) is 15.3. The van der Waals surface area contributed by atoms with Crippen molar-refractivity contribution >= 4 is 10.5 Å². The van der Waals surface area contributed by atoms with Gasteiger partial charge in [-0.1, -0.05) is 32.1 Å². The monoisotopic (exact) mass is 330 g/mol. The van der Waals surface area contributed by atoms with Crippen LogP contribution in [0, 0.1) is 34.5 Å². The van der Waals surface area contributed by atoms with E-state index in [0.717, 1.165) is 40.8 Å². The highest BCUT2D eigenvalue weighted by molar-refractivity contribution is 5.97. The van der Waals surface area contributed by atoms with Crippen LogP contribution in [-0.4, -0.2) is 17.1 Å². The van der Waals surface area contributed by atoms with Crippen LogP contribution in [-0.2, 0) is 4.43 Å². The quantitative estimate of drug-likeness (QED) is 0.696. The Morgan fingerprint density at radius 1 is 1.17 bits per heavy atom. The fraction of sp³-hybridized carbons (Fsp3) is 0.810. The van der Waals surface area contributed by atoms with Gasteiger partial charge < -0.3 is 4.43 Å². The van der Waals surface area contributed by atoms with Gasteiger partial charge in [-0.2, -0.15) is 0 Å². The maximum Gasteiger partial charge on any atom is 0.145 e. The van der Waals surface area contributed by atoms with Gasteiger partial charge in [-0.05, 0) is 91.4 Å². The third-order valence-corrected chi connectivity index (χ3v) is 8.93. The Morgan fingerprint density at radius 3 is 2.87 bits per heavy atom. The number of hydrogen-bond acceptors (Lipinski definition) is 1. The summed E-state index contributed by atoms with van der Waals surface area (Å²) < 4.78 is 5.54. The van der Waals surface area contributed by atoms with Crippen molar-refractivity contribution < 1.29 is 4.43 Å². The van der Waals surface area contributed by atoms with Crippen molar-refractivity contribution in [3.63, 3.8) is 0 Å². The average Bonchev–Trinajstić information content (AvgIpc) is 2.89. The van der Waals surface area contributed by atoms with Gasteiger partial charge in [0, 0.05) is 6.61 Å². The minimum atomic E-state index is 0.481. The first-order valence-electron chi connectivity index (χ1n) is 9.96. The van der Waals surface area contributed by atoms with Crippen molar-refractivity contribution in [2.24, 2.45) is 34.5 Å². The van der Waals surface area contributed by atoms with E-state index in [1.54, 1.807) is 5.57 Å². The SMILES string of the molecule is C[C@]12CC[C@H]3[C@@H](CC=C4C=CCC[C@@]43C)[C@@H]1CC[C@@H]2CCO[SiH3]. The Labute approximate surface area is 145 Å². The average molecular weight is 331 g/mol. The molecule has 0 aromatic heterocycles. The van der Waals surface area contributed by atoms with Crippen LogP contribution in [0.15, 0.2) is 23.8 Å². The van der Waals surface area contributed by atoms with Crippen LogP contribution < -0.4 is 0 Å². The lowest BCUT2D eigenvalue weighted by atomic mass is 9.48. The van der Waals surface area contributed by atoms with Gasteiger partial charge in [-0.3, -0.25) is 0 Å². The lowest BCUT2D eigenvalue weighted by Gasteiger charge is -2.57. The van der Waals surface area contributed by atoms with Crippen LogP contribution in [0.3, 0.4) is 0 Å². The first-order chi connectivity index (χ1) is 11.1. The summed E-state index contributed by atoms with van der Waals surface area (Å²) in [5.41, 5.74) is 2.76. The highest BCUT2D eigenvalue weighted by atomic mass is 28.2. The lowest BCUT2D eigenvalue weighted by molar-refractivity contribution is -0.0381. The summed E-state index contributed by atoms with van der Waals surface area (Å²) in [5, 5.41) is 0. The van der Waals surface area contributed by atoms with Gasteiger partial charge in [0.15, 0.2) is 0 Å². The molecule has 0 amide bonds. The molecule has 0 unspecified atom stereocenters. The predicted molar refractivity (Wildman–Crippen MR) is 100 cm³/mol. The fourth-order valence-electron chi connectivity index (χ4n) is 7.14. The van der Waals surface area contributed by atoms with E-state index < -0.39 is 0 Å². The van der Waals surface area contributed by atoms with Crippen molar-refractivity contribution in [3.05, 3.63) is 23.8 Å². The van der Waals surface area contributed by atoms with E-state index in [4.69, 9.17) is 4.43 Å². The number of allylic oxidation sites excluding steroid dienone is 4. The topological polar surface area (TPSA) is 9.23 Å².